The minimum Gasteiger partial charge on any atom is -0.490 e. The first kappa shape index (κ1) is 13.4. The highest BCUT2D eigenvalue weighted by Gasteiger charge is 2.10. The molecular formula is C15H15BO3. The first-order valence-corrected chi connectivity index (χ1v) is 6.06. The van der Waals surface area contributed by atoms with E-state index in [9.17, 15) is 0 Å². The fourth-order valence-corrected chi connectivity index (χ4v) is 1.66. The standard InChI is InChI=1S/C15H15BO3/c17-16(18)14-9-4-10-15(12-14)19-11-5-8-13-6-2-1-3-7-13/h1-10,12,17-18H,11H2/b8-5+. The summed E-state index contributed by atoms with van der Waals surface area (Å²) < 4.78 is 5.51. The zero-order valence-electron chi connectivity index (χ0n) is 10.4. The van der Waals surface area contributed by atoms with E-state index in [-0.39, 0.29) is 0 Å². The van der Waals surface area contributed by atoms with Gasteiger partial charge in [-0.2, -0.15) is 0 Å². The molecule has 0 amide bonds. The predicted octanol–water partition coefficient (Wildman–Crippen LogP) is 1.46. The Kier molecular flexibility index (Phi) is 4.78. The van der Waals surface area contributed by atoms with Gasteiger partial charge in [0.1, 0.15) is 12.4 Å². The molecule has 2 aromatic carbocycles. The minimum absolute atomic E-state index is 0.421. The second kappa shape index (κ2) is 6.78. The number of ether oxygens (including phenoxy) is 1. The Balaban J connectivity index is 1.89. The van der Waals surface area contributed by atoms with Crippen molar-refractivity contribution in [1.82, 2.24) is 0 Å². The van der Waals surface area contributed by atoms with E-state index in [1.54, 1.807) is 24.3 Å². The lowest BCUT2D eigenvalue weighted by atomic mass is 9.80. The molecular weight excluding hydrogens is 239 g/mol. The maximum atomic E-state index is 9.05. The molecule has 0 bridgehead atoms. The van der Waals surface area contributed by atoms with E-state index in [0.717, 1.165) is 5.56 Å². The lowest BCUT2D eigenvalue weighted by Crippen LogP contribution is -2.29. The van der Waals surface area contributed by atoms with Crippen LogP contribution in [0.5, 0.6) is 5.75 Å². The van der Waals surface area contributed by atoms with Gasteiger partial charge >= 0.3 is 7.12 Å². The van der Waals surface area contributed by atoms with Crippen LogP contribution in [-0.2, 0) is 0 Å². The molecule has 0 atom stereocenters. The summed E-state index contributed by atoms with van der Waals surface area (Å²) in [5, 5.41) is 18.1. The molecule has 3 nitrogen and oxygen atoms in total. The molecule has 0 radical (unpaired) electrons. The molecule has 0 aliphatic heterocycles. The fraction of sp³-hybridized carbons (Fsp3) is 0.0667. The molecule has 0 spiro atoms. The average molecular weight is 254 g/mol. The largest absolute Gasteiger partial charge is 0.490 e. The summed E-state index contributed by atoms with van der Waals surface area (Å²) in [5.74, 6) is 0.614. The summed E-state index contributed by atoms with van der Waals surface area (Å²) in [4.78, 5) is 0. The summed E-state index contributed by atoms with van der Waals surface area (Å²) >= 11 is 0. The highest BCUT2D eigenvalue weighted by molar-refractivity contribution is 6.58. The van der Waals surface area contributed by atoms with E-state index in [2.05, 4.69) is 0 Å². The van der Waals surface area contributed by atoms with E-state index in [1.165, 1.54) is 0 Å². The van der Waals surface area contributed by atoms with E-state index in [4.69, 9.17) is 14.8 Å². The van der Waals surface area contributed by atoms with Gasteiger partial charge in [0, 0.05) is 0 Å². The lowest BCUT2D eigenvalue weighted by molar-refractivity contribution is 0.363. The van der Waals surface area contributed by atoms with Crippen LogP contribution in [0.4, 0.5) is 0 Å². The molecule has 0 saturated carbocycles. The van der Waals surface area contributed by atoms with Crippen LogP contribution in [0.3, 0.4) is 0 Å². The van der Waals surface area contributed by atoms with Crippen LogP contribution < -0.4 is 10.2 Å². The summed E-state index contributed by atoms with van der Waals surface area (Å²) in [6.45, 7) is 0.430. The Labute approximate surface area is 112 Å². The Morgan fingerprint density at radius 2 is 1.79 bits per heavy atom. The highest BCUT2D eigenvalue weighted by atomic mass is 16.5. The second-order valence-corrected chi connectivity index (χ2v) is 4.07. The van der Waals surface area contributed by atoms with Crippen molar-refractivity contribution in [3.8, 4) is 5.75 Å². The SMILES string of the molecule is OB(O)c1cccc(OC/C=C/c2ccccc2)c1. The summed E-state index contributed by atoms with van der Waals surface area (Å²) in [6, 6.07) is 16.7. The van der Waals surface area contributed by atoms with Crippen molar-refractivity contribution in [3.63, 3.8) is 0 Å². The van der Waals surface area contributed by atoms with Crippen LogP contribution >= 0.6 is 0 Å². The van der Waals surface area contributed by atoms with E-state index < -0.39 is 7.12 Å². The quantitative estimate of drug-likeness (QED) is 0.794. The van der Waals surface area contributed by atoms with Gasteiger partial charge in [-0.05, 0) is 29.2 Å². The van der Waals surface area contributed by atoms with Gasteiger partial charge in [-0.25, -0.2) is 0 Å². The molecule has 0 aromatic heterocycles. The van der Waals surface area contributed by atoms with Crippen molar-refractivity contribution in [2.75, 3.05) is 6.61 Å². The normalized spacial score (nSPS) is 10.6. The van der Waals surface area contributed by atoms with Crippen LogP contribution in [0, 0.1) is 0 Å². The van der Waals surface area contributed by atoms with Gasteiger partial charge < -0.3 is 14.8 Å². The van der Waals surface area contributed by atoms with Gasteiger partial charge in [-0.3, -0.25) is 0 Å². The van der Waals surface area contributed by atoms with Crippen molar-refractivity contribution in [3.05, 3.63) is 66.2 Å². The molecule has 0 fully saturated rings. The molecule has 0 unspecified atom stereocenters. The first-order chi connectivity index (χ1) is 9.25. The van der Waals surface area contributed by atoms with Crippen molar-refractivity contribution < 1.29 is 14.8 Å². The maximum Gasteiger partial charge on any atom is 0.488 e. The van der Waals surface area contributed by atoms with Crippen LogP contribution in [-0.4, -0.2) is 23.8 Å². The minimum atomic E-state index is -1.47. The third-order valence-corrected chi connectivity index (χ3v) is 2.61. The predicted molar refractivity (Wildman–Crippen MR) is 77.2 cm³/mol. The van der Waals surface area contributed by atoms with E-state index in [0.29, 0.717) is 17.8 Å². The van der Waals surface area contributed by atoms with Crippen molar-refractivity contribution in [2.24, 2.45) is 0 Å². The van der Waals surface area contributed by atoms with Gasteiger partial charge in [0.15, 0.2) is 0 Å². The smallest absolute Gasteiger partial charge is 0.488 e. The van der Waals surface area contributed by atoms with Gasteiger partial charge in [0.25, 0.3) is 0 Å². The Bertz CT molecular complexity index is 538. The van der Waals surface area contributed by atoms with Crippen LogP contribution in [0.15, 0.2) is 60.7 Å². The van der Waals surface area contributed by atoms with Crippen molar-refractivity contribution in [2.45, 2.75) is 0 Å². The third-order valence-electron chi connectivity index (χ3n) is 2.61. The summed E-state index contributed by atoms with van der Waals surface area (Å²) in [7, 11) is -1.47. The summed E-state index contributed by atoms with van der Waals surface area (Å²) in [6.07, 6.45) is 3.89. The maximum absolute atomic E-state index is 9.05. The monoisotopic (exact) mass is 254 g/mol. The van der Waals surface area contributed by atoms with E-state index in [1.807, 2.05) is 42.5 Å². The Morgan fingerprint density at radius 1 is 1.00 bits per heavy atom. The van der Waals surface area contributed by atoms with Gasteiger partial charge in [-0.15, -0.1) is 0 Å². The molecule has 0 aliphatic carbocycles. The number of hydrogen-bond donors (Lipinski definition) is 2. The molecule has 96 valence electrons. The second-order valence-electron chi connectivity index (χ2n) is 4.07. The fourth-order valence-electron chi connectivity index (χ4n) is 1.66. The first-order valence-electron chi connectivity index (χ1n) is 6.06. The molecule has 0 saturated heterocycles. The van der Waals surface area contributed by atoms with Crippen LogP contribution in [0.1, 0.15) is 5.56 Å². The van der Waals surface area contributed by atoms with Gasteiger partial charge in [-0.1, -0.05) is 48.5 Å². The molecule has 2 aromatic rings. The molecule has 0 aliphatic rings. The molecule has 4 heteroatoms. The number of hydrogen-bond acceptors (Lipinski definition) is 3. The molecule has 2 rings (SSSR count). The Hall–Kier alpha value is -2.04. The zero-order valence-corrected chi connectivity index (χ0v) is 10.4. The lowest BCUT2D eigenvalue weighted by Gasteiger charge is -2.05. The van der Waals surface area contributed by atoms with Gasteiger partial charge in [0.05, 0.1) is 0 Å². The van der Waals surface area contributed by atoms with Crippen LogP contribution in [0.25, 0.3) is 6.08 Å². The molecule has 0 heterocycles. The molecule has 19 heavy (non-hydrogen) atoms. The highest BCUT2D eigenvalue weighted by Crippen LogP contribution is 2.08. The van der Waals surface area contributed by atoms with Crippen molar-refractivity contribution >= 4 is 18.7 Å². The van der Waals surface area contributed by atoms with Crippen LogP contribution in [0.2, 0.25) is 0 Å². The number of rotatable bonds is 5. The zero-order chi connectivity index (χ0) is 13.5. The van der Waals surface area contributed by atoms with E-state index >= 15 is 0 Å². The Morgan fingerprint density at radius 3 is 2.53 bits per heavy atom. The molecule has 2 N–H and O–H groups in total. The average Bonchev–Trinajstić information content (AvgIpc) is 2.45. The van der Waals surface area contributed by atoms with Gasteiger partial charge in [0.2, 0.25) is 0 Å². The number of benzene rings is 2. The summed E-state index contributed by atoms with van der Waals surface area (Å²) in [5.41, 5.74) is 1.54. The topological polar surface area (TPSA) is 49.7 Å². The third kappa shape index (κ3) is 4.28. The van der Waals surface area contributed by atoms with Crippen molar-refractivity contribution in [1.29, 1.82) is 0 Å².